The lowest BCUT2D eigenvalue weighted by Crippen LogP contribution is -2.24. The molecule has 0 aliphatic rings. The molecule has 0 aliphatic carbocycles. The van der Waals surface area contributed by atoms with Gasteiger partial charge in [-0.3, -0.25) is 0 Å². The highest BCUT2D eigenvalue weighted by Crippen LogP contribution is 2.27. The molecule has 21 heavy (non-hydrogen) atoms. The van der Waals surface area contributed by atoms with E-state index in [2.05, 4.69) is 60.7 Å². The Hall–Kier alpha value is -0.840. The molecule has 1 atom stereocenters. The first-order valence-corrected chi connectivity index (χ1v) is 9.46. The maximum Gasteiger partial charge on any atom is 0.150 e. The second kappa shape index (κ2) is 8.57. The molecule has 0 bridgehead atoms. The molecule has 0 radical (unpaired) electrons. The van der Waals surface area contributed by atoms with E-state index in [-0.39, 0.29) is 0 Å². The molecular weight excluding hydrogens is 296 g/mol. The van der Waals surface area contributed by atoms with E-state index in [1.807, 2.05) is 11.8 Å². The van der Waals surface area contributed by atoms with E-state index in [1.165, 1.54) is 15.5 Å². The van der Waals surface area contributed by atoms with E-state index >= 15 is 0 Å². The molecule has 114 valence electrons. The molecule has 0 saturated carbocycles. The highest BCUT2D eigenvalue weighted by atomic mass is 32.2. The van der Waals surface area contributed by atoms with Gasteiger partial charge in [-0.1, -0.05) is 49.9 Å². The Kier molecular flexibility index (Phi) is 6.74. The van der Waals surface area contributed by atoms with Crippen LogP contribution in [0.2, 0.25) is 0 Å². The van der Waals surface area contributed by atoms with Gasteiger partial charge in [0.1, 0.15) is 4.34 Å². The van der Waals surface area contributed by atoms with Gasteiger partial charge in [0, 0.05) is 22.9 Å². The molecule has 0 spiro atoms. The minimum Gasteiger partial charge on any atom is -0.309 e. The highest BCUT2D eigenvalue weighted by molar-refractivity contribution is 8.01. The second-order valence-corrected chi connectivity index (χ2v) is 7.29. The van der Waals surface area contributed by atoms with Crippen LogP contribution in [0.3, 0.4) is 0 Å². The molecule has 1 N–H and O–H groups in total. The number of thioether (sulfide) groups is 1. The number of aromatic nitrogens is 1. The van der Waals surface area contributed by atoms with Gasteiger partial charge >= 0.3 is 0 Å². The van der Waals surface area contributed by atoms with Crippen molar-refractivity contribution in [3.8, 4) is 0 Å². The third-order valence-electron chi connectivity index (χ3n) is 3.40. The molecule has 1 heterocycles. The van der Waals surface area contributed by atoms with Gasteiger partial charge in [0.2, 0.25) is 0 Å². The van der Waals surface area contributed by atoms with Crippen molar-refractivity contribution in [1.29, 1.82) is 0 Å². The number of aryl methyl sites for hydroxylation is 2. The zero-order valence-electron chi connectivity index (χ0n) is 13.1. The normalized spacial score (nSPS) is 12.5. The van der Waals surface area contributed by atoms with Crippen LogP contribution >= 0.6 is 23.1 Å². The minimum absolute atomic E-state index is 0.394. The van der Waals surface area contributed by atoms with Crippen LogP contribution in [0.1, 0.15) is 43.1 Å². The van der Waals surface area contributed by atoms with E-state index in [9.17, 15) is 0 Å². The summed E-state index contributed by atoms with van der Waals surface area (Å²) in [6.07, 6.45) is 2.26. The predicted octanol–water partition coefficient (Wildman–Crippen LogP) is 4.85. The molecule has 0 fully saturated rings. The van der Waals surface area contributed by atoms with Crippen molar-refractivity contribution >= 4 is 23.1 Å². The number of nitrogens with zero attached hydrogens (tertiary/aromatic N) is 1. The average Bonchev–Trinajstić information content (AvgIpc) is 2.93. The standard InChI is InChI=1S/C17H24N2S2/c1-4-10-18-16(12-21-17-19-13(3)11-20-17)15-8-6-14(5-2)7-9-15/h6-9,11,16,18H,4-5,10,12H2,1-3H3. The van der Waals surface area contributed by atoms with Gasteiger partial charge < -0.3 is 5.32 Å². The fourth-order valence-electron chi connectivity index (χ4n) is 2.13. The van der Waals surface area contributed by atoms with E-state index in [0.29, 0.717) is 6.04 Å². The third kappa shape index (κ3) is 5.13. The number of benzene rings is 1. The molecule has 1 unspecified atom stereocenters. The number of hydrogen-bond acceptors (Lipinski definition) is 4. The van der Waals surface area contributed by atoms with Crippen molar-refractivity contribution in [2.45, 2.75) is 44.0 Å². The van der Waals surface area contributed by atoms with Crippen LogP contribution in [-0.2, 0) is 6.42 Å². The Labute approximate surface area is 136 Å². The zero-order chi connectivity index (χ0) is 15.1. The van der Waals surface area contributed by atoms with E-state index in [1.54, 1.807) is 11.3 Å². The minimum atomic E-state index is 0.394. The van der Waals surface area contributed by atoms with Crippen LogP contribution in [0.25, 0.3) is 0 Å². The number of nitrogens with one attached hydrogen (secondary N) is 1. The van der Waals surface area contributed by atoms with E-state index in [0.717, 1.165) is 30.8 Å². The predicted molar refractivity (Wildman–Crippen MR) is 94.4 cm³/mol. The molecule has 4 heteroatoms. The fourth-order valence-corrected chi connectivity index (χ4v) is 4.10. The van der Waals surface area contributed by atoms with Crippen LogP contribution in [0, 0.1) is 6.92 Å². The fraction of sp³-hybridized carbons (Fsp3) is 0.471. The molecule has 1 aromatic carbocycles. The number of thiazole rings is 1. The first-order chi connectivity index (χ1) is 10.2. The van der Waals surface area contributed by atoms with Crippen LogP contribution in [0.4, 0.5) is 0 Å². The SMILES string of the molecule is CCCNC(CSc1nc(C)cs1)c1ccc(CC)cc1. The Morgan fingerprint density at radius 3 is 2.57 bits per heavy atom. The smallest absolute Gasteiger partial charge is 0.150 e. The Morgan fingerprint density at radius 2 is 2.00 bits per heavy atom. The van der Waals surface area contributed by atoms with Gasteiger partial charge in [0.25, 0.3) is 0 Å². The Bertz CT molecular complexity index is 534. The number of rotatable bonds is 8. The van der Waals surface area contributed by atoms with Gasteiger partial charge in [0.15, 0.2) is 0 Å². The van der Waals surface area contributed by atoms with E-state index in [4.69, 9.17) is 0 Å². The summed E-state index contributed by atoms with van der Waals surface area (Å²) in [5.74, 6) is 1.03. The van der Waals surface area contributed by atoms with E-state index < -0.39 is 0 Å². The molecule has 2 rings (SSSR count). The molecule has 1 aromatic heterocycles. The molecule has 2 nitrogen and oxygen atoms in total. The van der Waals surface area contributed by atoms with Gasteiger partial charge in [-0.2, -0.15) is 0 Å². The lowest BCUT2D eigenvalue weighted by molar-refractivity contribution is 0.577. The second-order valence-electron chi connectivity index (χ2n) is 5.17. The summed E-state index contributed by atoms with van der Waals surface area (Å²) in [6, 6.07) is 9.41. The molecule has 2 aromatic rings. The Balaban J connectivity index is 2.01. The summed E-state index contributed by atoms with van der Waals surface area (Å²) in [6.45, 7) is 7.51. The van der Waals surface area contributed by atoms with Crippen molar-refractivity contribution < 1.29 is 0 Å². The summed E-state index contributed by atoms with van der Waals surface area (Å²) in [7, 11) is 0. The van der Waals surface area contributed by atoms with Gasteiger partial charge in [-0.05, 0) is 37.4 Å². The largest absolute Gasteiger partial charge is 0.309 e. The summed E-state index contributed by atoms with van der Waals surface area (Å²) in [5, 5.41) is 5.77. The molecule has 0 saturated heterocycles. The maximum atomic E-state index is 4.54. The lowest BCUT2D eigenvalue weighted by Gasteiger charge is -2.18. The summed E-state index contributed by atoms with van der Waals surface area (Å²) in [5.41, 5.74) is 3.89. The van der Waals surface area contributed by atoms with Gasteiger partial charge in [0.05, 0.1) is 0 Å². The van der Waals surface area contributed by atoms with Crippen molar-refractivity contribution in [3.05, 3.63) is 46.5 Å². The zero-order valence-corrected chi connectivity index (χ0v) is 14.7. The van der Waals surface area contributed by atoms with Crippen molar-refractivity contribution in [2.75, 3.05) is 12.3 Å². The van der Waals surface area contributed by atoms with Crippen LogP contribution < -0.4 is 5.32 Å². The van der Waals surface area contributed by atoms with Crippen molar-refractivity contribution in [2.24, 2.45) is 0 Å². The lowest BCUT2D eigenvalue weighted by atomic mass is 10.0. The highest BCUT2D eigenvalue weighted by Gasteiger charge is 2.12. The van der Waals surface area contributed by atoms with Gasteiger partial charge in [-0.15, -0.1) is 11.3 Å². The average molecular weight is 321 g/mol. The summed E-state index contributed by atoms with van der Waals surface area (Å²) in [4.78, 5) is 4.54. The first-order valence-electron chi connectivity index (χ1n) is 7.60. The Morgan fingerprint density at radius 1 is 1.24 bits per heavy atom. The molecule has 0 amide bonds. The summed E-state index contributed by atoms with van der Waals surface area (Å²) >= 11 is 3.59. The maximum absolute atomic E-state index is 4.54. The quantitative estimate of drug-likeness (QED) is 0.704. The summed E-state index contributed by atoms with van der Waals surface area (Å²) < 4.78 is 1.17. The first kappa shape index (κ1) is 16.5. The topological polar surface area (TPSA) is 24.9 Å². The van der Waals surface area contributed by atoms with Crippen molar-refractivity contribution in [1.82, 2.24) is 10.3 Å². The van der Waals surface area contributed by atoms with Crippen LogP contribution in [0.15, 0.2) is 34.0 Å². The van der Waals surface area contributed by atoms with Gasteiger partial charge in [-0.25, -0.2) is 4.98 Å². The molecule has 0 aliphatic heterocycles. The van der Waals surface area contributed by atoms with Crippen LogP contribution in [0.5, 0.6) is 0 Å². The molecular formula is C17H24N2S2. The monoisotopic (exact) mass is 320 g/mol. The van der Waals surface area contributed by atoms with Crippen LogP contribution in [-0.4, -0.2) is 17.3 Å². The third-order valence-corrected chi connectivity index (χ3v) is 5.63. The number of hydrogen-bond donors (Lipinski definition) is 1. The van der Waals surface area contributed by atoms with Crippen molar-refractivity contribution in [3.63, 3.8) is 0 Å².